The molecule has 1 heterocycles. The van der Waals surface area contributed by atoms with Crippen LogP contribution in [0.2, 0.25) is 0 Å². The maximum atomic E-state index is 11.1. The van der Waals surface area contributed by atoms with Gasteiger partial charge in [0.1, 0.15) is 5.75 Å². The Hall–Kier alpha value is -1.75. The van der Waals surface area contributed by atoms with Gasteiger partial charge in [0.2, 0.25) is 0 Å². The molecular weight excluding hydrogens is 258 g/mol. The Bertz CT molecular complexity index is 432. The summed E-state index contributed by atoms with van der Waals surface area (Å²) >= 11 is 0. The van der Waals surface area contributed by atoms with Gasteiger partial charge in [0.25, 0.3) is 0 Å². The van der Waals surface area contributed by atoms with Crippen molar-refractivity contribution in [2.24, 2.45) is 0 Å². The Morgan fingerprint density at radius 2 is 2.06 bits per heavy atom. The molecule has 0 aromatic heterocycles. The zero-order chi connectivity index (χ0) is 12.3. The second-order valence-corrected chi connectivity index (χ2v) is 3.78. The highest BCUT2D eigenvalue weighted by Crippen LogP contribution is 2.22. The molecule has 98 valence electrons. The van der Waals surface area contributed by atoms with Gasteiger partial charge in [-0.1, -0.05) is 12.1 Å². The average molecular weight is 272 g/mol. The third-order valence-electron chi connectivity index (χ3n) is 2.48. The second kappa shape index (κ2) is 6.26. The highest BCUT2D eigenvalue weighted by atomic mass is 35.5. The molecule has 1 saturated heterocycles. The quantitative estimate of drug-likeness (QED) is 0.662. The van der Waals surface area contributed by atoms with Crippen molar-refractivity contribution < 1.29 is 19.1 Å². The van der Waals surface area contributed by atoms with Crippen molar-refractivity contribution in [1.29, 1.82) is 0 Å². The molecule has 1 amide bonds. The maximum absolute atomic E-state index is 11.1. The summed E-state index contributed by atoms with van der Waals surface area (Å²) in [6, 6.07) is 7.03. The number of rotatable bonds is 2. The maximum Gasteiger partial charge on any atom is 0.407 e. The number of benzene rings is 1. The number of hydrogen-bond donors (Lipinski definition) is 1. The number of alkyl carbamates (subject to hydrolysis) is 1. The first-order chi connectivity index (χ1) is 8.15. The molecule has 1 N–H and O–H groups in total. The minimum Gasteiger partial charge on any atom is -0.449 e. The van der Waals surface area contributed by atoms with E-state index in [9.17, 15) is 9.59 Å². The van der Waals surface area contributed by atoms with E-state index >= 15 is 0 Å². The lowest BCUT2D eigenvalue weighted by molar-refractivity contribution is -0.131. The van der Waals surface area contributed by atoms with E-state index in [-0.39, 0.29) is 24.4 Å². The van der Waals surface area contributed by atoms with Gasteiger partial charge in [0.05, 0.1) is 12.6 Å². The summed E-state index contributed by atoms with van der Waals surface area (Å²) in [7, 11) is 0. The predicted octanol–water partition coefficient (Wildman–Crippen LogP) is 2.20. The topological polar surface area (TPSA) is 64.6 Å². The third kappa shape index (κ3) is 3.63. The van der Waals surface area contributed by atoms with Crippen LogP contribution in [0.15, 0.2) is 24.3 Å². The minimum absolute atomic E-state index is 0. The fourth-order valence-electron chi connectivity index (χ4n) is 1.71. The molecule has 0 aliphatic carbocycles. The lowest BCUT2D eigenvalue weighted by Crippen LogP contribution is -2.35. The molecule has 1 aliphatic heterocycles. The Kier molecular flexibility index (Phi) is 4.97. The summed E-state index contributed by atoms with van der Waals surface area (Å²) in [4.78, 5) is 21.8. The van der Waals surface area contributed by atoms with Crippen LogP contribution < -0.4 is 10.1 Å². The predicted molar refractivity (Wildman–Crippen MR) is 66.8 cm³/mol. The molecule has 1 atom stereocenters. The van der Waals surface area contributed by atoms with E-state index < -0.39 is 6.09 Å². The van der Waals surface area contributed by atoms with Gasteiger partial charge in [0, 0.05) is 13.3 Å². The highest BCUT2D eigenvalue weighted by molar-refractivity contribution is 5.85. The molecule has 1 aromatic carbocycles. The number of carbonyl (C=O) groups excluding carboxylic acids is 2. The van der Waals surface area contributed by atoms with Crippen LogP contribution in [0.3, 0.4) is 0 Å². The van der Waals surface area contributed by atoms with Gasteiger partial charge in [-0.2, -0.15) is 0 Å². The highest BCUT2D eigenvalue weighted by Gasteiger charge is 2.20. The van der Waals surface area contributed by atoms with Gasteiger partial charge in [0.15, 0.2) is 0 Å². The van der Waals surface area contributed by atoms with Crippen LogP contribution in [0.4, 0.5) is 4.79 Å². The lowest BCUT2D eigenvalue weighted by atomic mass is 10.0. The van der Waals surface area contributed by atoms with Gasteiger partial charge in [-0.3, -0.25) is 4.79 Å². The fourth-order valence-corrected chi connectivity index (χ4v) is 1.71. The number of amides is 1. The van der Waals surface area contributed by atoms with E-state index in [1.165, 1.54) is 6.92 Å². The summed E-state index contributed by atoms with van der Waals surface area (Å²) in [6.07, 6.45) is 0.337. The van der Waals surface area contributed by atoms with Gasteiger partial charge in [-0.05, 0) is 17.7 Å². The number of halogens is 1. The largest absolute Gasteiger partial charge is 0.449 e. The van der Waals surface area contributed by atoms with Crippen LogP contribution in [-0.2, 0) is 9.53 Å². The van der Waals surface area contributed by atoms with Crippen LogP contribution in [0.5, 0.6) is 5.75 Å². The zero-order valence-corrected chi connectivity index (χ0v) is 10.7. The summed E-state index contributed by atoms with van der Waals surface area (Å²) in [6.45, 7) is 1.77. The smallest absolute Gasteiger partial charge is 0.407 e. The van der Waals surface area contributed by atoms with Crippen molar-refractivity contribution in [3.05, 3.63) is 29.8 Å². The van der Waals surface area contributed by atoms with E-state index in [4.69, 9.17) is 9.47 Å². The first-order valence-corrected chi connectivity index (χ1v) is 5.37. The molecule has 1 aromatic rings. The average Bonchev–Trinajstić information content (AvgIpc) is 2.29. The van der Waals surface area contributed by atoms with E-state index in [2.05, 4.69) is 5.32 Å². The molecule has 0 unspecified atom stereocenters. The van der Waals surface area contributed by atoms with Crippen LogP contribution in [0.25, 0.3) is 0 Å². The zero-order valence-electron chi connectivity index (χ0n) is 9.84. The van der Waals surface area contributed by atoms with Crippen LogP contribution in [0, 0.1) is 0 Å². The van der Waals surface area contributed by atoms with E-state index in [0.717, 1.165) is 12.0 Å². The molecule has 6 heteroatoms. The van der Waals surface area contributed by atoms with Crippen molar-refractivity contribution in [2.45, 2.75) is 19.4 Å². The van der Waals surface area contributed by atoms with Gasteiger partial charge >= 0.3 is 12.1 Å². The molecule has 0 radical (unpaired) electrons. The van der Waals surface area contributed by atoms with Gasteiger partial charge in [-0.15, -0.1) is 12.4 Å². The van der Waals surface area contributed by atoms with Crippen molar-refractivity contribution in [1.82, 2.24) is 5.32 Å². The molecule has 1 fully saturated rings. The third-order valence-corrected chi connectivity index (χ3v) is 2.48. The van der Waals surface area contributed by atoms with Crippen molar-refractivity contribution >= 4 is 24.5 Å². The number of cyclic esters (lactones) is 1. The Morgan fingerprint density at radius 3 is 2.61 bits per heavy atom. The van der Waals surface area contributed by atoms with Crippen LogP contribution in [0.1, 0.15) is 24.9 Å². The van der Waals surface area contributed by atoms with Crippen LogP contribution >= 0.6 is 12.4 Å². The fraction of sp³-hybridized carbons (Fsp3) is 0.333. The first kappa shape index (κ1) is 14.3. The normalized spacial score (nSPS) is 18.1. The molecule has 0 bridgehead atoms. The summed E-state index contributed by atoms with van der Waals surface area (Å²) in [5.41, 5.74) is 0.970. The number of ether oxygens (including phenoxy) is 2. The Morgan fingerprint density at radius 1 is 1.39 bits per heavy atom. The van der Waals surface area contributed by atoms with E-state index in [1.54, 1.807) is 12.1 Å². The van der Waals surface area contributed by atoms with E-state index in [0.29, 0.717) is 12.4 Å². The summed E-state index contributed by atoms with van der Waals surface area (Å²) < 4.78 is 9.71. The lowest BCUT2D eigenvalue weighted by Gasteiger charge is -2.23. The molecule has 0 saturated carbocycles. The molecule has 18 heavy (non-hydrogen) atoms. The van der Waals surface area contributed by atoms with Gasteiger partial charge in [-0.25, -0.2) is 4.79 Å². The molecule has 5 nitrogen and oxygen atoms in total. The Balaban J connectivity index is 0.00000162. The standard InChI is InChI=1S/C12H13NO4.ClH/c1-8(14)17-10-4-2-9(3-5-10)11-6-7-16-12(15)13-11;/h2-5,11H,6-7H2,1H3,(H,13,15);1H/t11-;/m0./s1. The first-order valence-electron chi connectivity index (χ1n) is 5.37. The number of nitrogens with one attached hydrogen (secondary N) is 1. The number of hydrogen-bond acceptors (Lipinski definition) is 4. The summed E-state index contributed by atoms with van der Waals surface area (Å²) in [5, 5.41) is 2.72. The Labute approximate surface area is 111 Å². The van der Waals surface area contributed by atoms with E-state index in [1.807, 2.05) is 12.1 Å². The van der Waals surface area contributed by atoms with Crippen molar-refractivity contribution in [3.63, 3.8) is 0 Å². The molecular formula is C12H14ClNO4. The SMILES string of the molecule is CC(=O)Oc1ccc([C@@H]2CCOC(=O)N2)cc1.Cl. The van der Waals surface area contributed by atoms with Crippen molar-refractivity contribution in [2.75, 3.05) is 6.61 Å². The number of carbonyl (C=O) groups is 2. The van der Waals surface area contributed by atoms with Gasteiger partial charge < -0.3 is 14.8 Å². The minimum atomic E-state index is -0.398. The number of esters is 1. The molecule has 0 spiro atoms. The summed E-state index contributed by atoms with van der Waals surface area (Å²) in [5.74, 6) is 0.150. The van der Waals surface area contributed by atoms with Crippen molar-refractivity contribution in [3.8, 4) is 5.75 Å². The molecule has 1 aliphatic rings. The monoisotopic (exact) mass is 271 g/mol. The molecule has 2 rings (SSSR count). The second-order valence-electron chi connectivity index (χ2n) is 3.78. The van der Waals surface area contributed by atoms with Crippen LogP contribution in [-0.4, -0.2) is 18.7 Å².